The van der Waals surface area contributed by atoms with E-state index in [4.69, 9.17) is 0 Å². The van der Waals surface area contributed by atoms with Gasteiger partial charge in [0, 0.05) is 24.9 Å². The lowest BCUT2D eigenvalue weighted by atomic mass is 9.75. The van der Waals surface area contributed by atoms with Crippen molar-refractivity contribution in [3.05, 3.63) is 0 Å². The molecule has 0 saturated carbocycles. The molecule has 2 unspecified atom stereocenters. The number of aliphatic carboxylic acids is 2. The Bertz CT molecular complexity index is 576. The summed E-state index contributed by atoms with van der Waals surface area (Å²) in [5, 5.41) is 24.6. The summed E-state index contributed by atoms with van der Waals surface area (Å²) < 4.78 is 0. The van der Waals surface area contributed by atoms with Gasteiger partial charge in [0.1, 0.15) is 12.1 Å². The summed E-state index contributed by atoms with van der Waals surface area (Å²) >= 11 is 0. The van der Waals surface area contributed by atoms with Gasteiger partial charge in [0.2, 0.25) is 0 Å². The van der Waals surface area contributed by atoms with Gasteiger partial charge in [-0.15, -0.1) is 0 Å². The van der Waals surface area contributed by atoms with E-state index in [1.54, 1.807) is 0 Å². The third-order valence-corrected chi connectivity index (χ3v) is 7.38. The minimum atomic E-state index is -1.05. The molecule has 2 amide bonds. The largest absolute Gasteiger partial charge is 0.480 e. The highest BCUT2D eigenvalue weighted by atomic mass is 16.4. The molecule has 0 aliphatic carbocycles. The fourth-order valence-electron chi connectivity index (χ4n) is 5.80. The summed E-state index contributed by atoms with van der Waals surface area (Å²) in [6, 6.07) is -2.67. The molecule has 9 nitrogen and oxygen atoms in total. The van der Waals surface area contributed by atoms with Crippen molar-refractivity contribution in [1.29, 1.82) is 0 Å². The average Bonchev–Trinajstić information content (AvgIpc) is 2.71. The van der Waals surface area contributed by atoms with Gasteiger partial charge in [-0.1, -0.05) is 0 Å². The number of nitrogens with one attached hydrogen (secondary N) is 2. The van der Waals surface area contributed by atoms with E-state index >= 15 is 0 Å². The smallest absolute Gasteiger partial charge is 0.326 e. The number of urea groups is 1. The van der Waals surface area contributed by atoms with Crippen LogP contribution in [-0.2, 0) is 9.59 Å². The van der Waals surface area contributed by atoms with Crippen LogP contribution in [0.3, 0.4) is 0 Å². The van der Waals surface area contributed by atoms with Crippen molar-refractivity contribution >= 4 is 18.0 Å². The first-order chi connectivity index (χ1) is 13.4. The third kappa shape index (κ3) is 3.82. The summed E-state index contributed by atoms with van der Waals surface area (Å²) in [6.45, 7) is 5.29. The van der Waals surface area contributed by atoms with E-state index < -0.39 is 30.1 Å². The second-order valence-electron chi connectivity index (χ2n) is 8.85. The molecule has 4 N–H and O–H groups in total. The summed E-state index contributed by atoms with van der Waals surface area (Å²) in [4.78, 5) is 40.8. The number of carbonyl (C=O) groups excluding carboxylic acids is 1. The zero-order chi connectivity index (χ0) is 19.8. The summed E-state index contributed by atoms with van der Waals surface area (Å²) in [5.41, 5.74) is 0. The number of hydrogen-bond acceptors (Lipinski definition) is 5. The van der Waals surface area contributed by atoms with E-state index in [1.807, 2.05) is 0 Å². The number of carboxylic acid groups (broad SMARTS) is 2. The van der Waals surface area contributed by atoms with Crippen LogP contribution in [0.5, 0.6) is 0 Å². The van der Waals surface area contributed by atoms with Crippen molar-refractivity contribution in [3.63, 3.8) is 0 Å². The Labute approximate surface area is 164 Å². The Kier molecular flexibility index (Phi) is 5.46. The van der Waals surface area contributed by atoms with Gasteiger partial charge in [-0.25, -0.2) is 14.4 Å². The van der Waals surface area contributed by atoms with Crippen LogP contribution in [0.2, 0.25) is 0 Å². The van der Waals surface area contributed by atoms with E-state index in [-0.39, 0.29) is 11.8 Å². The van der Waals surface area contributed by atoms with Crippen molar-refractivity contribution in [1.82, 2.24) is 20.4 Å². The van der Waals surface area contributed by atoms with Crippen LogP contribution in [-0.4, -0.2) is 89.3 Å². The second kappa shape index (κ2) is 7.87. The molecule has 4 bridgehead atoms. The van der Waals surface area contributed by atoms with Gasteiger partial charge in [0.05, 0.1) is 0 Å². The number of carboxylic acids is 2. The average molecular weight is 394 g/mol. The summed E-state index contributed by atoms with van der Waals surface area (Å²) in [6.07, 6.45) is 3.81. The molecule has 6 fully saturated rings. The van der Waals surface area contributed by atoms with Gasteiger partial charge in [-0.05, 0) is 63.7 Å². The van der Waals surface area contributed by atoms with E-state index in [0.29, 0.717) is 24.9 Å². The molecule has 6 aliphatic rings. The Morgan fingerprint density at radius 2 is 1.07 bits per heavy atom. The maximum Gasteiger partial charge on any atom is 0.326 e. The molecule has 0 radical (unpaired) electrons. The van der Waals surface area contributed by atoms with Gasteiger partial charge in [-0.2, -0.15) is 0 Å². The molecular formula is C19H30N4O5. The van der Waals surface area contributed by atoms with E-state index in [2.05, 4.69) is 20.4 Å². The molecule has 156 valence electrons. The number of carbonyl (C=O) groups is 3. The number of rotatable bonds is 6. The van der Waals surface area contributed by atoms with Crippen molar-refractivity contribution in [2.75, 3.05) is 39.3 Å². The minimum Gasteiger partial charge on any atom is -0.480 e. The van der Waals surface area contributed by atoms with Crippen LogP contribution in [0.15, 0.2) is 0 Å². The quantitative estimate of drug-likeness (QED) is 0.495. The maximum absolute atomic E-state index is 12.6. The molecule has 6 saturated heterocycles. The highest BCUT2D eigenvalue weighted by molar-refractivity contribution is 5.86. The van der Waals surface area contributed by atoms with E-state index in [0.717, 1.165) is 51.9 Å². The van der Waals surface area contributed by atoms with Gasteiger partial charge in [0.25, 0.3) is 0 Å². The number of hydrogen-bond donors (Lipinski definition) is 4. The van der Waals surface area contributed by atoms with Crippen LogP contribution in [0, 0.1) is 23.7 Å². The zero-order valence-electron chi connectivity index (χ0n) is 16.0. The SMILES string of the molecule is O=C(NC(C(=O)O)[C@@H]1CN2CCC1CC2)NC(C(=O)O)[C@@H]1CN2CCC1CC2. The van der Waals surface area contributed by atoms with Gasteiger partial charge in [0.15, 0.2) is 0 Å². The lowest BCUT2D eigenvalue weighted by Gasteiger charge is -2.47. The fourth-order valence-corrected chi connectivity index (χ4v) is 5.80. The minimum absolute atomic E-state index is 0.133. The first kappa shape index (κ1) is 19.4. The van der Waals surface area contributed by atoms with Crippen LogP contribution in [0.4, 0.5) is 4.79 Å². The monoisotopic (exact) mass is 394 g/mol. The molecule has 9 heteroatoms. The predicted molar refractivity (Wildman–Crippen MR) is 99.8 cm³/mol. The van der Waals surface area contributed by atoms with E-state index in [9.17, 15) is 24.6 Å². The van der Waals surface area contributed by atoms with Gasteiger partial charge in [-0.3, -0.25) is 0 Å². The van der Waals surface area contributed by atoms with Crippen LogP contribution in [0.25, 0.3) is 0 Å². The number of nitrogens with zero attached hydrogens (tertiary/aromatic N) is 2. The first-order valence-electron chi connectivity index (χ1n) is 10.4. The van der Waals surface area contributed by atoms with E-state index in [1.165, 1.54) is 0 Å². The third-order valence-electron chi connectivity index (χ3n) is 7.38. The number of fused-ring (bicyclic) bond motifs is 6. The molecule has 6 aliphatic heterocycles. The van der Waals surface area contributed by atoms with Crippen LogP contribution < -0.4 is 10.6 Å². The zero-order valence-corrected chi connectivity index (χ0v) is 16.0. The number of amides is 2. The Morgan fingerprint density at radius 1 is 0.714 bits per heavy atom. The lowest BCUT2D eigenvalue weighted by Crippen LogP contribution is -2.62. The molecule has 6 rings (SSSR count). The lowest BCUT2D eigenvalue weighted by molar-refractivity contribution is -0.143. The standard InChI is InChI=1S/C19H30N4O5/c24-17(25)15(13-9-22-5-1-11(13)2-6-22)20-19(28)21-16(18(26)27)14-10-23-7-3-12(14)4-8-23/h11-16H,1-10H2,(H,24,25)(H,26,27)(H2,20,21,28)/t13-,14-,15?,16?/m1/s1. The Morgan fingerprint density at radius 3 is 1.32 bits per heavy atom. The molecule has 0 aromatic rings. The predicted octanol–water partition coefficient (Wildman–Crippen LogP) is -0.124. The van der Waals surface area contributed by atoms with Crippen molar-refractivity contribution in [2.24, 2.45) is 23.7 Å². The molecule has 0 aromatic carbocycles. The van der Waals surface area contributed by atoms with Crippen LogP contribution >= 0.6 is 0 Å². The molecule has 4 atom stereocenters. The van der Waals surface area contributed by atoms with Crippen molar-refractivity contribution in [3.8, 4) is 0 Å². The maximum atomic E-state index is 12.6. The molecule has 0 aromatic heterocycles. The normalized spacial score (nSPS) is 38.4. The molecule has 0 spiro atoms. The van der Waals surface area contributed by atoms with Crippen molar-refractivity contribution in [2.45, 2.75) is 37.8 Å². The number of piperidine rings is 6. The highest BCUT2D eigenvalue weighted by Gasteiger charge is 2.44. The second-order valence-corrected chi connectivity index (χ2v) is 8.85. The summed E-state index contributed by atoms with van der Waals surface area (Å²) in [7, 11) is 0. The fraction of sp³-hybridized carbons (Fsp3) is 0.842. The van der Waals surface area contributed by atoms with Gasteiger partial charge < -0.3 is 30.6 Å². The molecular weight excluding hydrogens is 364 g/mol. The Hall–Kier alpha value is -1.87. The van der Waals surface area contributed by atoms with Crippen molar-refractivity contribution < 1.29 is 24.6 Å². The molecule has 28 heavy (non-hydrogen) atoms. The molecule has 6 heterocycles. The Balaban J connectivity index is 1.41. The van der Waals surface area contributed by atoms with Crippen LogP contribution in [0.1, 0.15) is 25.7 Å². The summed E-state index contributed by atoms with van der Waals surface area (Å²) in [5.74, 6) is -1.78. The first-order valence-corrected chi connectivity index (χ1v) is 10.4. The van der Waals surface area contributed by atoms with Gasteiger partial charge >= 0.3 is 18.0 Å². The topological polar surface area (TPSA) is 122 Å². The highest BCUT2D eigenvalue weighted by Crippen LogP contribution is 2.35.